The summed E-state index contributed by atoms with van der Waals surface area (Å²) in [6, 6.07) is 20.2. The molecule has 0 saturated heterocycles. The molecule has 3 rings (SSSR count). The van der Waals surface area contributed by atoms with Gasteiger partial charge >= 0.3 is 5.97 Å². The van der Waals surface area contributed by atoms with Crippen LogP contribution in [0.1, 0.15) is 52.7 Å². The summed E-state index contributed by atoms with van der Waals surface area (Å²) in [6.07, 6.45) is 2.98. The normalized spacial score (nSPS) is 13.1. The number of aryl methyl sites for hydroxylation is 2. The number of carbonyl (C=O) groups excluding carboxylic acids is 1. The van der Waals surface area contributed by atoms with E-state index in [0.717, 1.165) is 12.0 Å². The lowest BCUT2D eigenvalue weighted by Gasteiger charge is -2.18. The van der Waals surface area contributed by atoms with Crippen molar-refractivity contribution < 1.29 is 14.3 Å². The molecule has 29 heavy (non-hydrogen) atoms. The third kappa shape index (κ3) is 5.55. The van der Waals surface area contributed by atoms with E-state index in [-0.39, 0.29) is 18.1 Å². The highest BCUT2D eigenvalue weighted by Gasteiger charge is 2.22. The quantitative estimate of drug-likeness (QED) is 0.485. The van der Waals surface area contributed by atoms with Gasteiger partial charge in [0, 0.05) is 13.3 Å². The van der Waals surface area contributed by atoms with Gasteiger partial charge in [-0.15, -0.1) is 0 Å². The van der Waals surface area contributed by atoms with Crippen molar-refractivity contribution in [3.63, 3.8) is 0 Å². The molecule has 0 saturated carbocycles. The highest BCUT2D eigenvalue weighted by Crippen LogP contribution is 2.25. The molecule has 152 valence electrons. The number of rotatable bonds is 9. The first-order valence-corrected chi connectivity index (χ1v) is 9.93. The molecule has 0 aliphatic rings. The maximum Gasteiger partial charge on any atom is 0.342 e. The van der Waals surface area contributed by atoms with Gasteiger partial charge in [-0.1, -0.05) is 60.7 Å². The maximum absolute atomic E-state index is 12.9. The fourth-order valence-corrected chi connectivity index (χ4v) is 3.32. The molecule has 2 atom stereocenters. The zero-order valence-electron chi connectivity index (χ0n) is 17.2. The summed E-state index contributed by atoms with van der Waals surface area (Å²) in [5.74, 6) is -0.347. The largest absolute Gasteiger partial charge is 0.454 e. The third-order valence-electron chi connectivity index (χ3n) is 4.95. The van der Waals surface area contributed by atoms with Crippen molar-refractivity contribution in [2.24, 2.45) is 0 Å². The van der Waals surface area contributed by atoms with Crippen LogP contribution in [-0.2, 0) is 15.9 Å². The van der Waals surface area contributed by atoms with Crippen LogP contribution in [0.4, 0.5) is 0 Å². The van der Waals surface area contributed by atoms with Gasteiger partial charge in [0.25, 0.3) is 0 Å². The highest BCUT2D eigenvalue weighted by molar-refractivity contribution is 5.90. The SMILES string of the molecule is COCC(C)n1cc(C(=O)OC(CCc2ccccc2)c2ccccc2)c(C)n1. The lowest BCUT2D eigenvalue weighted by molar-refractivity contribution is 0.0276. The number of nitrogens with zero attached hydrogens (tertiary/aromatic N) is 2. The molecule has 0 bridgehead atoms. The van der Waals surface area contributed by atoms with E-state index < -0.39 is 0 Å². The van der Waals surface area contributed by atoms with E-state index in [1.54, 1.807) is 18.0 Å². The average Bonchev–Trinajstić information content (AvgIpc) is 3.14. The minimum absolute atomic E-state index is 0.0447. The second-order valence-corrected chi connectivity index (χ2v) is 7.24. The van der Waals surface area contributed by atoms with Gasteiger partial charge in [-0.2, -0.15) is 5.10 Å². The van der Waals surface area contributed by atoms with Crippen LogP contribution < -0.4 is 0 Å². The van der Waals surface area contributed by atoms with E-state index in [2.05, 4.69) is 17.2 Å². The lowest BCUT2D eigenvalue weighted by atomic mass is 10.0. The van der Waals surface area contributed by atoms with E-state index in [1.807, 2.05) is 62.4 Å². The van der Waals surface area contributed by atoms with Crippen LogP contribution in [0.2, 0.25) is 0 Å². The lowest BCUT2D eigenvalue weighted by Crippen LogP contribution is -2.13. The van der Waals surface area contributed by atoms with Gasteiger partial charge in [0.1, 0.15) is 11.7 Å². The second kappa shape index (κ2) is 10.0. The molecule has 3 aromatic rings. The summed E-state index contributed by atoms with van der Waals surface area (Å²) in [6.45, 7) is 4.35. The topological polar surface area (TPSA) is 53.4 Å². The maximum atomic E-state index is 12.9. The van der Waals surface area contributed by atoms with Crippen LogP contribution in [0, 0.1) is 6.92 Å². The van der Waals surface area contributed by atoms with Gasteiger partial charge in [0.2, 0.25) is 0 Å². The molecular weight excluding hydrogens is 364 g/mol. The molecule has 5 heteroatoms. The van der Waals surface area contributed by atoms with Gasteiger partial charge in [-0.05, 0) is 37.8 Å². The number of ether oxygens (including phenoxy) is 2. The standard InChI is InChI=1S/C24H28N2O3/c1-18(17-28-3)26-16-22(19(2)25-26)24(27)29-23(21-12-8-5-9-13-21)15-14-20-10-6-4-7-11-20/h4-13,16,18,23H,14-15,17H2,1-3H3. The zero-order valence-corrected chi connectivity index (χ0v) is 17.2. The van der Waals surface area contributed by atoms with Crippen LogP contribution in [0.3, 0.4) is 0 Å². The summed E-state index contributed by atoms with van der Waals surface area (Å²) in [5.41, 5.74) is 3.37. The summed E-state index contributed by atoms with van der Waals surface area (Å²) >= 11 is 0. The van der Waals surface area contributed by atoms with Gasteiger partial charge < -0.3 is 9.47 Å². The Labute approximate surface area is 172 Å². The van der Waals surface area contributed by atoms with E-state index in [4.69, 9.17) is 9.47 Å². The van der Waals surface area contributed by atoms with Crippen LogP contribution >= 0.6 is 0 Å². The molecule has 0 aliphatic heterocycles. The molecule has 1 aromatic heterocycles. The van der Waals surface area contributed by atoms with E-state index in [0.29, 0.717) is 24.3 Å². The number of carbonyl (C=O) groups is 1. The fraction of sp³-hybridized carbons (Fsp3) is 0.333. The second-order valence-electron chi connectivity index (χ2n) is 7.24. The smallest absolute Gasteiger partial charge is 0.342 e. The molecule has 2 unspecified atom stereocenters. The first kappa shape index (κ1) is 20.8. The summed E-state index contributed by atoms with van der Waals surface area (Å²) < 4.78 is 12.9. The van der Waals surface area contributed by atoms with Crippen LogP contribution in [0.5, 0.6) is 0 Å². The molecule has 2 aromatic carbocycles. The third-order valence-corrected chi connectivity index (χ3v) is 4.95. The summed E-state index contributed by atoms with van der Waals surface area (Å²) in [5, 5.41) is 4.46. The van der Waals surface area contributed by atoms with Crippen molar-refractivity contribution in [1.29, 1.82) is 0 Å². The predicted molar refractivity (Wildman–Crippen MR) is 113 cm³/mol. The molecule has 1 heterocycles. The first-order valence-electron chi connectivity index (χ1n) is 9.93. The predicted octanol–water partition coefficient (Wildman–Crippen LogP) is 4.93. The Morgan fingerprint density at radius 2 is 1.72 bits per heavy atom. The zero-order chi connectivity index (χ0) is 20.6. The molecular formula is C24H28N2O3. The molecule has 5 nitrogen and oxygen atoms in total. The Balaban J connectivity index is 1.76. The van der Waals surface area contributed by atoms with E-state index in [9.17, 15) is 4.79 Å². The summed E-state index contributed by atoms with van der Waals surface area (Å²) in [7, 11) is 1.65. The Morgan fingerprint density at radius 3 is 2.38 bits per heavy atom. The van der Waals surface area contributed by atoms with Gasteiger partial charge in [0.15, 0.2) is 0 Å². The van der Waals surface area contributed by atoms with Crippen molar-refractivity contribution in [3.05, 3.63) is 89.2 Å². The fourth-order valence-electron chi connectivity index (χ4n) is 3.32. The number of hydrogen-bond acceptors (Lipinski definition) is 4. The van der Waals surface area contributed by atoms with Crippen LogP contribution in [-0.4, -0.2) is 29.5 Å². The molecule has 0 aliphatic carbocycles. The minimum Gasteiger partial charge on any atom is -0.454 e. The van der Waals surface area contributed by atoms with Crippen LogP contribution in [0.25, 0.3) is 0 Å². The molecule has 0 radical (unpaired) electrons. The van der Waals surface area contributed by atoms with Gasteiger partial charge in [-0.3, -0.25) is 4.68 Å². The first-order chi connectivity index (χ1) is 14.1. The molecule has 0 spiro atoms. The van der Waals surface area contributed by atoms with Gasteiger partial charge in [-0.25, -0.2) is 4.79 Å². The Bertz CT molecular complexity index is 906. The van der Waals surface area contributed by atoms with E-state index >= 15 is 0 Å². The van der Waals surface area contributed by atoms with Crippen molar-refractivity contribution in [1.82, 2.24) is 9.78 Å². The molecule has 0 N–H and O–H groups in total. The Hall–Kier alpha value is -2.92. The molecule has 0 amide bonds. The van der Waals surface area contributed by atoms with Crippen LogP contribution in [0.15, 0.2) is 66.9 Å². The van der Waals surface area contributed by atoms with Crippen molar-refractivity contribution in [2.75, 3.05) is 13.7 Å². The highest BCUT2D eigenvalue weighted by atomic mass is 16.5. The number of methoxy groups -OCH3 is 1. The molecule has 0 fully saturated rings. The number of benzene rings is 2. The monoisotopic (exact) mass is 392 g/mol. The Morgan fingerprint density at radius 1 is 1.07 bits per heavy atom. The number of esters is 1. The van der Waals surface area contributed by atoms with Crippen molar-refractivity contribution >= 4 is 5.97 Å². The van der Waals surface area contributed by atoms with Crippen molar-refractivity contribution in [2.45, 2.75) is 38.8 Å². The minimum atomic E-state index is -0.347. The van der Waals surface area contributed by atoms with Crippen molar-refractivity contribution in [3.8, 4) is 0 Å². The number of aromatic nitrogens is 2. The summed E-state index contributed by atoms with van der Waals surface area (Å²) in [4.78, 5) is 12.9. The van der Waals surface area contributed by atoms with Gasteiger partial charge in [0.05, 0.1) is 18.3 Å². The average molecular weight is 392 g/mol. The number of hydrogen-bond donors (Lipinski definition) is 0. The van der Waals surface area contributed by atoms with E-state index in [1.165, 1.54) is 5.56 Å². The Kier molecular flexibility index (Phi) is 7.19.